The summed E-state index contributed by atoms with van der Waals surface area (Å²) in [5, 5.41) is 8.95. The number of halogens is 2. The molecule has 0 aliphatic carbocycles. The molecule has 0 fully saturated rings. The number of hydrogen-bond acceptors (Lipinski definition) is 2. The van der Waals surface area contributed by atoms with Crippen LogP contribution >= 0.6 is 11.6 Å². The summed E-state index contributed by atoms with van der Waals surface area (Å²) in [5.41, 5.74) is 6.04. The third-order valence-corrected chi connectivity index (χ3v) is 1.89. The van der Waals surface area contributed by atoms with Crippen LogP contribution < -0.4 is 5.73 Å². The van der Waals surface area contributed by atoms with E-state index < -0.39 is 11.9 Å². The average molecular weight is 190 g/mol. The van der Waals surface area contributed by atoms with Crippen LogP contribution in [0.2, 0.25) is 5.02 Å². The van der Waals surface area contributed by atoms with Crippen LogP contribution in [0.1, 0.15) is 11.6 Å². The van der Waals surface area contributed by atoms with Crippen molar-refractivity contribution in [3.05, 3.63) is 34.6 Å². The molecule has 0 unspecified atom stereocenters. The zero-order valence-electron chi connectivity index (χ0n) is 6.30. The minimum absolute atomic E-state index is 0.203. The Hall–Kier alpha value is -0.640. The smallest absolute Gasteiger partial charge is 0.124 e. The molecule has 1 aromatic carbocycles. The average Bonchev–Trinajstić information content (AvgIpc) is 2.03. The number of nitrogens with two attached hydrogens (primary N) is 1. The number of aliphatic hydroxyl groups excluding tert-OH is 1. The van der Waals surface area contributed by atoms with E-state index in [1.165, 1.54) is 18.2 Å². The molecule has 0 radical (unpaired) electrons. The molecule has 2 nitrogen and oxygen atoms in total. The standard InChI is InChI=1S/C8H9ClFNO/c9-7-3-5(10)1-2-6(7)8(11)4-12/h1-3,8,12H,4,11H2/t8-/m1/s1. The van der Waals surface area contributed by atoms with Gasteiger partial charge in [0.2, 0.25) is 0 Å². The number of rotatable bonds is 2. The van der Waals surface area contributed by atoms with Crippen molar-refractivity contribution in [1.29, 1.82) is 0 Å². The van der Waals surface area contributed by atoms with E-state index >= 15 is 0 Å². The monoisotopic (exact) mass is 189 g/mol. The number of hydrogen-bond donors (Lipinski definition) is 2. The van der Waals surface area contributed by atoms with E-state index in [4.69, 9.17) is 22.4 Å². The molecule has 0 aliphatic rings. The van der Waals surface area contributed by atoms with E-state index in [2.05, 4.69) is 0 Å². The quantitative estimate of drug-likeness (QED) is 0.740. The van der Waals surface area contributed by atoms with Crippen LogP contribution in [0, 0.1) is 5.82 Å². The summed E-state index contributed by atoms with van der Waals surface area (Å²) in [6, 6.07) is 3.36. The van der Waals surface area contributed by atoms with Crippen molar-refractivity contribution in [3.8, 4) is 0 Å². The van der Waals surface area contributed by atoms with Gasteiger partial charge in [0.05, 0.1) is 12.6 Å². The van der Waals surface area contributed by atoms with Gasteiger partial charge < -0.3 is 10.8 Å². The SMILES string of the molecule is N[C@H](CO)c1ccc(F)cc1Cl. The Bertz CT molecular complexity index is 280. The van der Waals surface area contributed by atoms with Crippen molar-refractivity contribution in [2.24, 2.45) is 5.73 Å². The van der Waals surface area contributed by atoms with Crippen LogP contribution in [-0.4, -0.2) is 11.7 Å². The van der Waals surface area contributed by atoms with Crippen LogP contribution in [-0.2, 0) is 0 Å². The minimum Gasteiger partial charge on any atom is -0.394 e. The van der Waals surface area contributed by atoms with Crippen molar-refractivity contribution in [2.75, 3.05) is 6.61 Å². The fourth-order valence-electron chi connectivity index (χ4n) is 0.901. The third-order valence-electron chi connectivity index (χ3n) is 1.56. The van der Waals surface area contributed by atoms with Crippen molar-refractivity contribution in [2.45, 2.75) is 6.04 Å². The fraction of sp³-hybridized carbons (Fsp3) is 0.250. The van der Waals surface area contributed by atoms with E-state index in [1.54, 1.807) is 0 Å². The molecule has 1 rings (SSSR count). The van der Waals surface area contributed by atoms with Gasteiger partial charge in [-0.3, -0.25) is 0 Å². The van der Waals surface area contributed by atoms with Gasteiger partial charge in [0.25, 0.3) is 0 Å². The second-order valence-electron chi connectivity index (χ2n) is 2.45. The van der Waals surface area contributed by atoms with E-state index in [0.29, 0.717) is 5.56 Å². The lowest BCUT2D eigenvalue weighted by Gasteiger charge is -2.09. The highest BCUT2D eigenvalue weighted by Crippen LogP contribution is 2.21. The topological polar surface area (TPSA) is 46.2 Å². The predicted molar refractivity (Wildman–Crippen MR) is 45.4 cm³/mol. The zero-order valence-corrected chi connectivity index (χ0v) is 7.05. The van der Waals surface area contributed by atoms with Crippen LogP contribution in [0.25, 0.3) is 0 Å². The molecule has 1 aromatic rings. The Morgan fingerprint density at radius 3 is 2.75 bits per heavy atom. The summed E-state index contributed by atoms with van der Waals surface area (Å²) in [7, 11) is 0. The van der Waals surface area contributed by atoms with Gasteiger partial charge in [-0.1, -0.05) is 17.7 Å². The normalized spacial score (nSPS) is 13.0. The lowest BCUT2D eigenvalue weighted by molar-refractivity contribution is 0.268. The fourth-order valence-corrected chi connectivity index (χ4v) is 1.21. The van der Waals surface area contributed by atoms with Gasteiger partial charge in [-0.25, -0.2) is 4.39 Å². The summed E-state index contributed by atoms with van der Waals surface area (Å²) >= 11 is 5.67. The zero-order chi connectivity index (χ0) is 9.14. The highest BCUT2D eigenvalue weighted by molar-refractivity contribution is 6.31. The van der Waals surface area contributed by atoms with Crippen molar-refractivity contribution in [1.82, 2.24) is 0 Å². The maximum absolute atomic E-state index is 12.5. The second-order valence-corrected chi connectivity index (χ2v) is 2.86. The van der Waals surface area contributed by atoms with Crippen molar-refractivity contribution in [3.63, 3.8) is 0 Å². The molecule has 3 N–H and O–H groups in total. The van der Waals surface area contributed by atoms with Gasteiger partial charge in [-0.05, 0) is 17.7 Å². The molecule has 1 atom stereocenters. The maximum Gasteiger partial charge on any atom is 0.124 e. The summed E-state index contributed by atoms with van der Waals surface area (Å²) in [6.45, 7) is -0.203. The van der Waals surface area contributed by atoms with E-state index in [0.717, 1.165) is 0 Å². The summed E-state index contributed by atoms with van der Waals surface area (Å²) in [4.78, 5) is 0. The highest BCUT2D eigenvalue weighted by atomic mass is 35.5. The Labute approximate surface area is 74.8 Å². The van der Waals surface area contributed by atoms with Crippen LogP contribution in [0.3, 0.4) is 0 Å². The Morgan fingerprint density at radius 1 is 1.58 bits per heavy atom. The number of benzene rings is 1. The highest BCUT2D eigenvalue weighted by Gasteiger charge is 2.08. The second kappa shape index (κ2) is 3.85. The Morgan fingerprint density at radius 2 is 2.25 bits per heavy atom. The number of aliphatic hydroxyl groups is 1. The third kappa shape index (κ3) is 1.94. The minimum atomic E-state index is -0.543. The Balaban J connectivity index is 3.01. The van der Waals surface area contributed by atoms with Crippen molar-refractivity contribution < 1.29 is 9.50 Å². The first kappa shape index (κ1) is 9.45. The maximum atomic E-state index is 12.5. The molecule has 12 heavy (non-hydrogen) atoms. The summed E-state index contributed by atoms with van der Waals surface area (Å²) < 4.78 is 12.5. The molecule has 0 amide bonds. The van der Waals surface area contributed by atoms with E-state index in [-0.39, 0.29) is 11.6 Å². The molecule has 66 valence electrons. The van der Waals surface area contributed by atoms with Crippen LogP contribution in [0.4, 0.5) is 4.39 Å². The lowest BCUT2D eigenvalue weighted by Crippen LogP contribution is -2.14. The molecular formula is C8H9ClFNO. The molecule has 0 heterocycles. The molecule has 0 saturated heterocycles. The van der Waals surface area contributed by atoms with E-state index in [1.807, 2.05) is 0 Å². The molecule has 4 heteroatoms. The molecule has 0 aliphatic heterocycles. The summed E-state index contributed by atoms with van der Waals surface area (Å²) in [6.07, 6.45) is 0. The van der Waals surface area contributed by atoms with Gasteiger partial charge in [0, 0.05) is 5.02 Å². The predicted octanol–water partition coefficient (Wildman–Crippen LogP) is 1.47. The first-order chi connectivity index (χ1) is 5.65. The van der Waals surface area contributed by atoms with Gasteiger partial charge in [0.1, 0.15) is 5.82 Å². The first-order valence-corrected chi connectivity index (χ1v) is 3.84. The summed E-state index contributed by atoms with van der Waals surface area (Å²) in [5.74, 6) is -0.408. The van der Waals surface area contributed by atoms with Gasteiger partial charge in [0.15, 0.2) is 0 Å². The first-order valence-electron chi connectivity index (χ1n) is 3.46. The van der Waals surface area contributed by atoms with Crippen LogP contribution in [0.5, 0.6) is 0 Å². The van der Waals surface area contributed by atoms with Gasteiger partial charge in [-0.2, -0.15) is 0 Å². The Kier molecular flexibility index (Phi) is 3.03. The van der Waals surface area contributed by atoms with Crippen molar-refractivity contribution >= 4 is 11.6 Å². The van der Waals surface area contributed by atoms with Gasteiger partial charge in [-0.15, -0.1) is 0 Å². The van der Waals surface area contributed by atoms with Gasteiger partial charge >= 0.3 is 0 Å². The largest absolute Gasteiger partial charge is 0.394 e. The van der Waals surface area contributed by atoms with Crippen LogP contribution in [0.15, 0.2) is 18.2 Å². The lowest BCUT2D eigenvalue weighted by atomic mass is 10.1. The van der Waals surface area contributed by atoms with E-state index in [9.17, 15) is 4.39 Å². The molecular weight excluding hydrogens is 181 g/mol. The molecule has 0 saturated carbocycles. The molecule has 0 bridgehead atoms. The molecule has 0 spiro atoms. The molecule has 0 aromatic heterocycles.